The maximum atomic E-state index is 12.2. The zero-order valence-electron chi connectivity index (χ0n) is 11.9. The summed E-state index contributed by atoms with van der Waals surface area (Å²) < 4.78 is 7.24. The normalized spacial score (nSPS) is 19.4. The van der Waals surface area contributed by atoms with E-state index in [2.05, 4.69) is 15.4 Å². The van der Waals surface area contributed by atoms with Crippen LogP contribution in [0.3, 0.4) is 0 Å². The minimum atomic E-state index is -0.0804. The Balaban J connectivity index is 1.64. The molecule has 110 valence electrons. The molecule has 1 fully saturated rings. The van der Waals surface area contributed by atoms with E-state index in [1.807, 2.05) is 19.1 Å². The third-order valence-corrected chi connectivity index (χ3v) is 3.69. The molecule has 0 spiro atoms. The Bertz CT molecular complexity index is 589. The summed E-state index contributed by atoms with van der Waals surface area (Å²) in [6.45, 7) is 2.77. The second-order valence-electron chi connectivity index (χ2n) is 5.20. The van der Waals surface area contributed by atoms with Gasteiger partial charge >= 0.3 is 0 Å². The molecule has 1 aliphatic heterocycles. The van der Waals surface area contributed by atoms with Gasteiger partial charge in [-0.25, -0.2) is 9.67 Å². The first-order chi connectivity index (χ1) is 10.2. The first kappa shape index (κ1) is 13.8. The van der Waals surface area contributed by atoms with Gasteiger partial charge in [-0.1, -0.05) is 0 Å². The van der Waals surface area contributed by atoms with Gasteiger partial charge in [-0.2, -0.15) is 5.10 Å². The number of nitrogens with zero attached hydrogens (tertiary/aromatic N) is 3. The van der Waals surface area contributed by atoms with Crippen molar-refractivity contribution in [3.05, 3.63) is 42.5 Å². The lowest BCUT2D eigenvalue weighted by Gasteiger charge is -2.20. The van der Waals surface area contributed by atoms with E-state index in [1.54, 1.807) is 23.1 Å². The van der Waals surface area contributed by atoms with Crippen molar-refractivity contribution in [2.24, 2.45) is 0 Å². The predicted molar refractivity (Wildman–Crippen MR) is 77.3 cm³/mol. The van der Waals surface area contributed by atoms with Gasteiger partial charge in [-0.05, 0) is 44.0 Å². The first-order valence-corrected chi connectivity index (χ1v) is 7.11. The minimum Gasteiger partial charge on any atom is -0.376 e. The number of carbonyl (C=O) groups excluding carboxylic acids is 1. The summed E-state index contributed by atoms with van der Waals surface area (Å²) in [6.07, 6.45) is 5.30. The summed E-state index contributed by atoms with van der Waals surface area (Å²) in [5, 5.41) is 7.04. The molecule has 2 heterocycles. The molecule has 2 aromatic rings. The Labute approximate surface area is 123 Å². The van der Waals surface area contributed by atoms with Crippen molar-refractivity contribution in [3.63, 3.8) is 0 Å². The summed E-state index contributed by atoms with van der Waals surface area (Å²) in [4.78, 5) is 16.1. The molecule has 6 nitrogen and oxygen atoms in total. The second kappa shape index (κ2) is 6.05. The Morgan fingerprint density at radius 2 is 2.24 bits per heavy atom. The van der Waals surface area contributed by atoms with Crippen LogP contribution in [0.1, 0.15) is 30.1 Å². The van der Waals surface area contributed by atoms with E-state index in [4.69, 9.17) is 4.74 Å². The van der Waals surface area contributed by atoms with Crippen molar-refractivity contribution in [3.8, 4) is 5.69 Å². The van der Waals surface area contributed by atoms with Crippen LogP contribution >= 0.6 is 0 Å². The number of carbonyl (C=O) groups is 1. The van der Waals surface area contributed by atoms with E-state index in [0.717, 1.165) is 25.1 Å². The number of ether oxygens (including phenoxy) is 1. The highest BCUT2D eigenvalue weighted by molar-refractivity contribution is 5.94. The number of benzene rings is 1. The van der Waals surface area contributed by atoms with E-state index in [1.165, 1.54) is 6.33 Å². The van der Waals surface area contributed by atoms with Crippen LogP contribution in [-0.2, 0) is 4.74 Å². The molecular formula is C15H18N4O2. The van der Waals surface area contributed by atoms with Crippen LogP contribution in [0.5, 0.6) is 0 Å². The van der Waals surface area contributed by atoms with Gasteiger partial charge in [0.25, 0.3) is 5.91 Å². The molecule has 0 bridgehead atoms. The average molecular weight is 286 g/mol. The van der Waals surface area contributed by atoms with Crippen molar-refractivity contribution < 1.29 is 9.53 Å². The number of hydrogen-bond donors (Lipinski definition) is 1. The molecular weight excluding hydrogens is 268 g/mol. The van der Waals surface area contributed by atoms with E-state index < -0.39 is 0 Å². The molecule has 21 heavy (non-hydrogen) atoms. The highest BCUT2D eigenvalue weighted by atomic mass is 16.5. The van der Waals surface area contributed by atoms with Crippen molar-refractivity contribution in [1.82, 2.24) is 20.1 Å². The molecule has 2 atom stereocenters. The fourth-order valence-corrected chi connectivity index (χ4v) is 2.49. The summed E-state index contributed by atoms with van der Waals surface area (Å²) in [7, 11) is 0. The topological polar surface area (TPSA) is 69.0 Å². The highest BCUT2D eigenvalue weighted by Gasteiger charge is 2.23. The Morgan fingerprint density at radius 3 is 2.86 bits per heavy atom. The molecule has 6 heteroatoms. The zero-order valence-corrected chi connectivity index (χ0v) is 11.9. The second-order valence-corrected chi connectivity index (χ2v) is 5.20. The largest absolute Gasteiger partial charge is 0.376 e. The molecule has 1 aromatic carbocycles. The number of nitrogens with one attached hydrogen (secondary N) is 1. The molecule has 0 saturated carbocycles. The predicted octanol–water partition coefficient (Wildman–Crippen LogP) is 1.56. The molecule has 1 aliphatic rings. The van der Waals surface area contributed by atoms with Gasteiger partial charge in [0.2, 0.25) is 0 Å². The van der Waals surface area contributed by atoms with Crippen molar-refractivity contribution >= 4 is 5.91 Å². The fourth-order valence-electron chi connectivity index (χ4n) is 2.49. The SMILES string of the molecule is C[C@@H](NC(=O)c1ccc(-n2cncn2)cc1)[C@H]1CCCO1. The molecule has 0 aliphatic carbocycles. The van der Waals surface area contributed by atoms with E-state index in [9.17, 15) is 4.79 Å². The maximum absolute atomic E-state index is 12.2. The quantitative estimate of drug-likeness (QED) is 0.926. The third kappa shape index (κ3) is 3.11. The van der Waals surface area contributed by atoms with Crippen molar-refractivity contribution in [1.29, 1.82) is 0 Å². The van der Waals surface area contributed by atoms with Gasteiger partial charge in [0.1, 0.15) is 12.7 Å². The average Bonchev–Trinajstić information content (AvgIpc) is 3.20. The Hall–Kier alpha value is -2.21. The first-order valence-electron chi connectivity index (χ1n) is 7.11. The zero-order chi connectivity index (χ0) is 14.7. The molecule has 1 saturated heterocycles. The lowest BCUT2D eigenvalue weighted by atomic mass is 10.1. The summed E-state index contributed by atoms with van der Waals surface area (Å²) in [5.41, 5.74) is 1.50. The van der Waals surface area contributed by atoms with Crippen molar-refractivity contribution in [2.45, 2.75) is 31.9 Å². The molecule has 0 unspecified atom stereocenters. The summed E-state index contributed by atoms with van der Waals surface area (Å²) in [6, 6.07) is 7.29. The van der Waals surface area contributed by atoms with E-state index >= 15 is 0 Å². The molecule has 1 amide bonds. The Morgan fingerprint density at radius 1 is 1.43 bits per heavy atom. The molecule has 1 aromatic heterocycles. The van der Waals surface area contributed by atoms with E-state index in [0.29, 0.717) is 5.56 Å². The molecule has 0 radical (unpaired) electrons. The standard InChI is InChI=1S/C15H18N4O2/c1-11(14-3-2-8-21-14)18-15(20)12-4-6-13(7-5-12)19-10-16-9-17-19/h4-7,9-11,14H,2-3,8H2,1H3,(H,18,20)/t11-,14-/m1/s1. The van der Waals surface area contributed by atoms with Gasteiger partial charge in [-0.3, -0.25) is 4.79 Å². The van der Waals surface area contributed by atoms with Crippen LogP contribution < -0.4 is 5.32 Å². The third-order valence-electron chi connectivity index (χ3n) is 3.69. The number of rotatable bonds is 4. The number of amides is 1. The molecule has 1 N–H and O–H groups in total. The smallest absolute Gasteiger partial charge is 0.251 e. The van der Waals surface area contributed by atoms with Gasteiger partial charge < -0.3 is 10.1 Å². The molecule has 3 rings (SSSR count). The van der Waals surface area contributed by atoms with Crippen molar-refractivity contribution in [2.75, 3.05) is 6.61 Å². The minimum absolute atomic E-state index is 0.0231. The van der Waals surface area contributed by atoms with Gasteiger partial charge in [-0.15, -0.1) is 0 Å². The lowest BCUT2D eigenvalue weighted by molar-refractivity contribution is 0.0712. The lowest BCUT2D eigenvalue weighted by Crippen LogP contribution is -2.40. The van der Waals surface area contributed by atoms with Crippen LogP contribution in [0, 0.1) is 0 Å². The van der Waals surface area contributed by atoms with Crippen LogP contribution in [0.4, 0.5) is 0 Å². The summed E-state index contributed by atoms with van der Waals surface area (Å²) in [5.74, 6) is -0.0804. The Kier molecular flexibility index (Phi) is 3.96. The van der Waals surface area contributed by atoms with Crippen LogP contribution in [0.2, 0.25) is 0 Å². The van der Waals surface area contributed by atoms with Crippen LogP contribution in [0.25, 0.3) is 5.69 Å². The summed E-state index contributed by atoms with van der Waals surface area (Å²) >= 11 is 0. The van der Waals surface area contributed by atoms with Crippen LogP contribution in [-0.4, -0.2) is 39.4 Å². The number of hydrogen-bond acceptors (Lipinski definition) is 4. The fraction of sp³-hybridized carbons (Fsp3) is 0.400. The monoisotopic (exact) mass is 286 g/mol. The van der Waals surface area contributed by atoms with Gasteiger partial charge in [0.15, 0.2) is 0 Å². The highest BCUT2D eigenvalue weighted by Crippen LogP contribution is 2.16. The van der Waals surface area contributed by atoms with Crippen LogP contribution in [0.15, 0.2) is 36.9 Å². The number of aromatic nitrogens is 3. The maximum Gasteiger partial charge on any atom is 0.251 e. The van der Waals surface area contributed by atoms with E-state index in [-0.39, 0.29) is 18.1 Å². The van der Waals surface area contributed by atoms with Gasteiger partial charge in [0, 0.05) is 12.2 Å². The van der Waals surface area contributed by atoms with Gasteiger partial charge in [0.05, 0.1) is 17.8 Å².